The van der Waals surface area contributed by atoms with Crippen LogP contribution < -0.4 is 10.2 Å². The summed E-state index contributed by atoms with van der Waals surface area (Å²) in [6.07, 6.45) is 0. The molecule has 3 aromatic rings. The molecule has 30 heavy (non-hydrogen) atoms. The van der Waals surface area contributed by atoms with Gasteiger partial charge in [0.1, 0.15) is 17.5 Å². The van der Waals surface area contributed by atoms with Gasteiger partial charge in [-0.25, -0.2) is 14.4 Å². The summed E-state index contributed by atoms with van der Waals surface area (Å²) in [6.45, 7) is 5.12. The average molecular weight is 405 g/mol. The van der Waals surface area contributed by atoms with Crippen molar-refractivity contribution in [3.8, 4) is 11.3 Å². The Morgan fingerprint density at radius 1 is 1.00 bits per heavy atom. The first-order valence-corrected chi connectivity index (χ1v) is 10.0. The number of amides is 1. The monoisotopic (exact) mass is 405 g/mol. The van der Waals surface area contributed by atoms with Crippen molar-refractivity contribution in [3.05, 3.63) is 72.3 Å². The molecule has 1 aliphatic heterocycles. The number of hydrogen-bond donors (Lipinski definition) is 1. The Morgan fingerprint density at radius 3 is 2.43 bits per heavy atom. The molecule has 1 amide bonds. The molecule has 0 radical (unpaired) electrons. The van der Waals surface area contributed by atoms with E-state index in [0.717, 1.165) is 49.1 Å². The fourth-order valence-electron chi connectivity index (χ4n) is 3.56. The lowest BCUT2D eigenvalue weighted by Crippen LogP contribution is -2.49. The number of benzene rings is 2. The van der Waals surface area contributed by atoms with E-state index < -0.39 is 5.82 Å². The molecule has 1 fully saturated rings. The van der Waals surface area contributed by atoms with Crippen molar-refractivity contribution >= 4 is 17.4 Å². The van der Waals surface area contributed by atoms with Gasteiger partial charge in [-0.05, 0) is 19.1 Å². The van der Waals surface area contributed by atoms with Crippen LogP contribution in [0, 0.1) is 12.7 Å². The highest BCUT2D eigenvalue weighted by Gasteiger charge is 2.21. The molecule has 4 rings (SSSR count). The fourth-order valence-corrected chi connectivity index (χ4v) is 3.56. The number of halogens is 1. The average Bonchev–Trinajstić information content (AvgIpc) is 2.76. The van der Waals surface area contributed by atoms with Gasteiger partial charge in [-0.2, -0.15) is 0 Å². The van der Waals surface area contributed by atoms with E-state index in [2.05, 4.69) is 25.1 Å². The summed E-state index contributed by atoms with van der Waals surface area (Å²) < 4.78 is 13.7. The summed E-state index contributed by atoms with van der Waals surface area (Å²) in [4.78, 5) is 25.7. The molecule has 0 saturated carbocycles. The van der Waals surface area contributed by atoms with Crippen LogP contribution in [-0.4, -0.2) is 53.5 Å². The predicted molar refractivity (Wildman–Crippen MR) is 116 cm³/mol. The maximum atomic E-state index is 13.7. The number of nitrogens with one attached hydrogen (secondary N) is 1. The first-order valence-electron chi connectivity index (χ1n) is 10.0. The topological polar surface area (TPSA) is 61.4 Å². The number of hydrogen-bond acceptors (Lipinski definition) is 5. The van der Waals surface area contributed by atoms with Gasteiger partial charge in [0.2, 0.25) is 5.91 Å². The minimum absolute atomic E-state index is 0.210. The Bertz CT molecular complexity index is 1020. The van der Waals surface area contributed by atoms with Gasteiger partial charge < -0.3 is 10.2 Å². The summed E-state index contributed by atoms with van der Waals surface area (Å²) in [7, 11) is 0. The quantitative estimate of drug-likeness (QED) is 0.705. The number of para-hydroxylation sites is 1. The molecule has 0 unspecified atom stereocenters. The molecule has 2 heterocycles. The van der Waals surface area contributed by atoms with Crippen molar-refractivity contribution in [1.82, 2.24) is 14.9 Å². The molecule has 1 aromatic heterocycles. The highest BCUT2D eigenvalue weighted by Crippen LogP contribution is 2.22. The highest BCUT2D eigenvalue weighted by molar-refractivity contribution is 5.92. The summed E-state index contributed by atoms with van der Waals surface area (Å²) >= 11 is 0. The molecule has 0 aliphatic carbocycles. The zero-order chi connectivity index (χ0) is 20.9. The number of carbonyl (C=O) groups is 1. The van der Waals surface area contributed by atoms with Gasteiger partial charge >= 0.3 is 0 Å². The lowest BCUT2D eigenvalue weighted by atomic mass is 10.1. The van der Waals surface area contributed by atoms with Gasteiger partial charge in [-0.1, -0.05) is 42.5 Å². The molecule has 0 atom stereocenters. The smallest absolute Gasteiger partial charge is 0.238 e. The van der Waals surface area contributed by atoms with E-state index in [1.165, 1.54) is 6.07 Å². The number of carbonyl (C=O) groups excluding carboxylic acids is 1. The lowest BCUT2D eigenvalue weighted by Gasteiger charge is -2.35. The first-order chi connectivity index (χ1) is 14.6. The SMILES string of the molecule is Cc1nc(-c2ccccc2)cc(N2CCN(CC(=O)Nc3ccccc3F)CC2)n1. The van der Waals surface area contributed by atoms with E-state index in [9.17, 15) is 9.18 Å². The largest absolute Gasteiger partial charge is 0.354 e. The van der Waals surface area contributed by atoms with Crippen molar-refractivity contribution in [2.24, 2.45) is 0 Å². The van der Waals surface area contributed by atoms with Gasteiger partial charge in [-0.3, -0.25) is 9.69 Å². The van der Waals surface area contributed by atoms with Crippen LogP contribution in [0.4, 0.5) is 15.9 Å². The van der Waals surface area contributed by atoms with Crippen LogP contribution in [0.3, 0.4) is 0 Å². The fraction of sp³-hybridized carbons (Fsp3) is 0.261. The Kier molecular flexibility index (Phi) is 5.99. The minimum Gasteiger partial charge on any atom is -0.354 e. The van der Waals surface area contributed by atoms with Crippen LogP contribution in [0.2, 0.25) is 0 Å². The summed E-state index contributed by atoms with van der Waals surface area (Å²) in [6, 6.07) is 18.3. The van der Waals surface area contributed by atoms with E-state index in [1.54, 1.807) is 18.2 Å². The van der Waals surface area contributed by atoms with Crippen molar-refractivity contribution in [1.29, 1.82) is 0 Å². The summed E-state index contributed by atoms with van der Waals surface area (Å²) in [5.41, 5.74) is 2.18. The summed E-state index contributed by atoms with van der Waals surface area (Å²) in [5, 5.41) is 2.64. The summed E-state index contributed by atoms with van der Waals surface area (Å²) in [5.74, 6) is 0.997. The Balaban J connectivity index is 1.36. The third kappa shape index (κ3) is 4.80. The van der Waals surface area contributed by atoms with E-state index in [1.807, 2.05) is 43.3 Å². The maximum Gasteiger partial charge on any atom is 0.238 e. The van der Waals surface area contributed by atoms with Crippen LogP contribution in [-0.2, 0) is 4.79 Å². The molecule has 0 spiro atoms. The van der Waals surface area contributed by atoms with Crippen LogP contribution in [0.25, 0.3) is 11.3 Å². The van der Waals surface area contributed by atoms with Gasteiger partial charge in [0.05, 0.1) is 17.9 Å². The maximum absolute atomic E-state index is 13.7. The van der Waals surface area contributed by atoms with E-state index in [-0.39, 0.29) is 18.1 Å². The third-order valence-electron chi connectivity index (χ3n) is 5.11. The number of aryl methyl sites for hydroxylation is 1. The van der Waals surface area contributed by atoms with Crippen molar-refractivity contribution < 1.29 is 9.18 Å². The lowest BCUT2D eigenvalue weighted by molar-refractivity contribution is -0.117. The number of aromatic nitrogens is 2. The van der Waals surface area contributed by atoms with E-state index >= 15 is 0 Å². The third-order valence-corrected chi connectivity index (χ3v) is 5.11. The molecular weight excluding hydrogens is 381 g/mol. The number of piperazine rings is 1. The van der Waals surface area contributed by atoms with Gasteiger partial charge in [0.25, 0.3) is 0 Å². The molecular formula is C23H24FN5O. The second-order valence-electron chi connectivity index (χ2n) is 7.32. The molecule has 1 N–H and O–H groups in total. The normalized spacial score (nSPS) is 14.5. The Morgan fingerprint density at radius 2 is 1.70 bits per heavy atom. The zero-order valence-corrected chi connectivity index (χ0v) is 16.9. The van der Waals surface area contributed by atoms with Crippen molar-refractivity contribution in [2.75, 3.05) is 42.9 Å². The highest BCUT2D eigenvalue weighted by atomic mass is 19.1. The van der Waals surface area contributed by atoms with Gasteiger partial charge in [0, 0.05) is 37.8 Å². The minimum atomic E-state index is -0.427. The molecule has 6 nitrogen and oxygen atoms in total. The molecule has 1 aliphatic rings. The Hall–Kier alpha value is -3.32. The van der Waals surface area contributed by atoms with Crippen LogP contribution in [0.15, 0.2) is 60.7 Å². The number of anilines is 2. The Labute approximate surface area is 175 Å². The van der Waals surface area contributed by atoms with Crippen molar-refractivity contribution in [3.63, 3.8) is 0 Å². The molecule has 2 aromatic carbocycles. The van der Waals surface area contributed by atoms with Crippen LogP contribution in [0.1, 0.15) is 5.82 Å². The van der Waals surface area contributed by atoms with Crippen LogP contribution >= 0.6 is 0 Å². The number of nitrogens with zero attached hydrogens (tertiary/aromatic N) is 4. The van der Waals surface area contributed by atoms with Gasteiger partial charge in [0.15, 0.2) is 0 Å². The number of rotatable bonds is 5. The van der Waals surface area contributed by atoms with E-state index in [0.29, 0.717) is 0 Å². The second-order valence-corrected chi connectivity index (χ2v) is 7.32. The second kappa shape index (κ2) is 9.00. The van der Waals surface area contributed by atoms with Gasteiger partial charge in [-0.15, -0.1) is 0 Å². The van der Waals surface area contributed by atoms with Crippen molar-refractivity contribution in [2.45, 2.75) is 6.92 Å². The standard InChI is InChI=1S/C23H24FN5O/c1-17-25-21(18-7-3-2-4-8-18)15-22(26-17)29-13-11-28(12-14-29)16-23(30)27-20-10-6-5-9-19(20)24/h2-10,15H,11-14,16H2,1H3,(H,27,30). The van der Waals surface area contributed by atoms with Crippen LogP contribution in [0.5, 0.6) is 0 Å². The first kappa shape index (κ1) is 20.0. The molecule has 154 valence electrons. The molecule has 0 bridgehead atoms. The zero-order valence-electron chi connectivity index (χ0n) is 16.9. The predicted octanol–water partition coefficient (Wildman–Crippen LogP) is 3.35. The molecule has 7 heteroatoms. The van der Waals surface area contributed by atoms with E-state index in [4.69, 9.17) is 0 Å². The molecule has 1 saturated heterocycles.